The van der Waals surface area contributed by atoms with E-state index in [1.54, 1.807) is 0 Å². The average Bonchev–Trinajstić information content (AvgIpc) is 2.55. The molecule has 0 amide bonds. The monoisotopic (exact) mass is 212 g/mol. The largest absolute Gasteiger partial charge is 0.330 e. The molecule has 1 unspecified atom stereocenters. The van der Waals surface area contributed by atoms with Crippen LogP contribution in [0.3, 0.4) is 0 Å². The fourth-order valence-corrected chi connectivity index (χ4v) is 2.43. The lowest BCUT2D eigenvalue weighted by Crippen LogP contribution is -2.17. The van der Waals surface area contributed by atoms with Crippen LogP contribution in [-0.2, 0) is 17.8 Å². The van der Waals surface area contributed by atoms with Gasteiger partial charge in [-0.2, -0.15) is 0 Å². The number of carbonyl (C=O) groups excluding carboxylic acids is 1. The molecule has 1 aromatic heterocycles. The van der Waals surface area contributed by atoms with Gasteiger partial charge in [0.25, 0.3) is 0 Å². The molecule has 0 aromatic carbocycles. The van der Waals surface area contributed by atoms with Crippen LogP contribution in [0, 0.1) is 0 Å². The average molecular weight is 213 g/mol. The number of hydrogen-bond acceptors (Lipinski definition) is 2. The van der Waals surface area contributed by atoms with Crippen molar-refractivity contribution in [3.05, 3.63) is 16.7 Å². The summed E-state index contributed by atoms with van der Waals surface area (Å²) < 4.78 is 2.10. The summed E-state index contributed by atoms with van der Waals surface area (Å²) in [5.41, 5.74) is 0.921. The molecular weight excluding hydrogens is 200 g/mol. The number of rotatable bonds is 2. The Kier molecular flexibility index (Phi) is 2.59. The molecular formula is C10H13ClN2O. The van der Waals surface area contributed by atoms with Crippen LogP contribution in [0.15, 0.2) is 0 Å². The number of hydrogen-bond donors (Lipinski definition) is 0. The number of nitrogens with zero attached hydrogens (tertiary/aromatic N) is 2. The second kappa shape index (κ2) is 3.73. The summed E-state index contributed by atoms with van der Waals surface area (Å²) in [6, 6.07) is 0. The number of carbonyl (C=O) groups is 1. The zero-order valence-electron chi connectivity index (χ0n) is 8.16. The Morgan fingerprint density at radius 2 is 2.50 bits per heavy atom. The smallest absolute Gasteiger partial charge is 0.151 e. The quantitative estimate of drug-likeness (QED) is 0.705. The Balaban J connectivity index is 2.51. The van der Waals surface area contributed by atoms with Crippen molar-refractivity contribution in [1.29, 1.82) is 0 Å². The summed E-state index contributed by atoms with van der Waals surface area (Å²) >= 11 is 6.02. The van der Waals surface area contributed by atoms with Gasteiger partial charge < -0.3 is 9.36 Å². The van der Waals surface area contributed by atoms with Gasteiger partial charge in [0.15, 0.2) is 5.15 Å². The molecule has 1 aliphatic rings. The highest BCUT2D eigenvalue weighted by molar-refractivity contribution is 6.30. The van der Waals surface area contributed by atoms with E-state index in [9.17, 15) is 4.79 Å². The molecule has 0 aliphatic carbocycles. The SMILES string of the molecule is CCc1nc(Cl)c2n1CCCC2C=O. The van der Waals surface area contributed by atoms with E-state index >= 15 is 0 Å². The van der Waals surface area contributed by atoms with Gasteiger partial charge >= 0.3 is 0 Å². The zero-order chi connectivity index (χ0) is 10.1. The summed E-state index contributed by atoms with van der Waals surface area (Å²) in [6.07, 6.45) is 3.79. The number of aryl methyl sites for hydroxylation is 1. The normalized spacial score (nSPS) is 20.6. The first-order chi connectivity index (χ1) is 6.77. The van der Waals surface area contributed by atoms with Crippen molar-refractivity contribution >= 4 is 17.9 Å². The molecule has 76 valence electrons. The van der Waals surface area contributed by atoms with E-state index in [0.717, 1.165) is 43.6 Å². The van der Waals surface area contributed by atoms with Gasteiger partial charge in [0.2, 0.25) is 0 Å². The molecule has 0 N–H and O–H groups in total. The Morgan fingerprint density at radius 1 is 1.71 bits per heavy atom. The second-order valence-electron chi connectivity index (χ2n) is 3.59. The molecule has 3 nitrogen and oxygen atoms in total. The minimum absolute atomic E-state index is 0.0518. The van der Waals surface area contributed by atoms with Crippen LogP contribution in [0.5, 0.6) is 0 Å². The molecule has 1 atom stereocenters. The van der Waals surface area contributed by atoms with Crippen molar-refractivity contribution in [1.82, 2.24) is 9.55 Å². The Hall–Kier alpha value is -0.830. The van der Waals surface area contributed by atoms with Crippen LogP contribution < -0.4 is 0 Å². The van der Waals surface area contributed by atoms with Crippen molar-refractivity contribution in [3.8, 4) is 0 Å². The van der Waals surface area contributed by atoms with Crippen LogP contribution in [0.25, 0.3) is 0 Å². The topological polar surface area (TPSA) is 34.9 Å². The molecule has 2 heterocycles. The highest BCUT2D eigenvalue weighted by Gasteiger charge is 2.25. The van der Waals surface area contributed by atoms with Gasteiger partial charge in [-0.25, -0.2) is 4.98 Å². The molecule has 4 heteroatoms. The van der Waals surface area contributed by atoms with E-state index in [0.29, 0.717) is 5.15 Å². The minimum Gasteiger partial charge on any atom is -0.330 e. The zero-order valence-corrected chi connectivity index (χ0v) is 8.92. The highest BCUT2D eigenvalue weighted by Crippen LogP contribution is 2.32. The first kappa shape index (κ1) is 9.71. The molecule has 0 saturated carbocycles. The van der Waals surface area contributed by atoms with Gasteiger partial charge in [-0.1, -0.05) is 18.5 Å². The molecule has 14 heavy (non-hydrogen) atoms. The van der Waals surface area contributed by atoms with Gasteiger partial charge in [0.1, 0.15) is 12.1 Å². The molecule has 0 fully saturated rings. The fourth-order valence-electron chi connectivity index (χ4n) is 2.09. The van der Waals surface area contributed by atoms with Crippen LogP contribution in [-0.4, -0.2) is 15.8 Å². The van der Waals surface area contributed by atoms with E-state index < -0.39 is 0 Å². The van der Waals surface area contributed by atoms with E-state index in [4.69, 9.17) is 11.6 Å². The van der Waals surface area contributed by atoms with Gasteiger partial charge in [-0.15, -0.1) is 0 Å². The maximum atomic E-state index is 10.9. The molecule has 1 aliphatic heterocycles. The van der Waals surface area contributed by atoms with Crippen LogP contribution >= 0.6 is 11.6 Å². The third kappa shape index (κ3) is 1.36. The van der Waals surface area contributed by atoms with Gasteiger partial charge in [0.05, 0.1) is 11.6 Å². The third-order valence-corrected chi connectivity index (χ3v) is 3.05. The van der Waals surface area contributed by atoms with E-state index in [2.05, 4.69) is 16.5 Å². The summed E-state index contributed by atoms with van der Waals surface area (Å²) in [6.45, 7) is 3.00. The van der Waals surface area contributed by atoms with Crippen molar-refractivity contribution < 1.29 is 4.79 Å². The van der Waals surface area contributed by atoms with Crippen molar-refractivity contribution in [2.75, 3.05) is 0 Å². The van der Waals surface area contributed by atoms with E-state index in [1.807, 2.05) is 0 Å². The Morgan fingerprint density at radius 3 is 3.14 bits per heavy atom. The lowest BCUT2D eigenvalue weighted by atomic mass is 9.98. The van der Waals surface area contributed by atoms with Gasteiger partial charge in [-0.3, -0.25) is 0 Å². The third-order valence-electron chi connectivity index (χ3n) is 2.77. The molecule has 0 bridgehead atoms. The number of aromatic nitrogens is 2. The second-order valence-corrected chi connectivity index (χ2v) is 3.95. The summed E-state index contributed by atoms with van der Waals surface area (Å²) in [4.78, 5) is 15.2. The van der Waals surface area contributed by atoms with Gasteiger partial charge in [0, 0.05) is 13.0 Å². The number of imidazole rings is 1. The molecule has 2 rings (SSSR count). The predicted molar refractivity (Wildman–Crippen MR) is 54.7 cm³/mol. The molecule has 0 radical (unpaired) electrons. The van der Waals surface area contributed by atoms with Crippen LogP contribution in [0.1, 0.15) is 37.2 Å². The Labute approximate surface area is 88.1 Å². The summed E-state index contributed by atoms with van der Waals surface area (Å²) in [5.74, 6) is 0.945. The van der Waals surface area contributed by atoms with E-state index in [1.165, 1.54) is 0 Å². The standard InChI is InChI=1S/C10H13ClN2O/c1-2-8-12-10(11)9-7(6-14)4-3-5-13(8)9/h6-7H,2-5H2,1H3. The Bertz CT molecular complexity index is 359. The van der Waals surface area contributed by atoms with Crippen LogP contribution in [0.2, 0.25) is 5.15 Å². The van der Waals surface area contributed by atoms with Crippen molar-refractivity contribution in [2.45, 2.75) is 38.6 Å². The summed E-state index contributed by atoms with van der Waals surface area (Å²) in [7, 11) is 0. The summed E-state index contributed by atoms with van der Waals surface area (Å²) in [5, 5.41) is 0.513. The maximum absolute atomic E-state index is 10.9. The van der Waals surface area contributed by atoms with E-state index in [-0.39, 0.29) is 5.92 Å². The molecule has 1 aromatic rings. The first-order valence-corrected chi connectivity index (χ1v) is 5.35. The lowest BCUT2D eigenvalue weighted by molar-refractivity contribution is -0.109. The maximum Gasteiger partial charge on any atom is 0.151 e. The molecule has 0 saturated heterocycles. The van der Waals surface area contributed by atoms with Crippen LogP contribution in [0.4, 0.5) is 0 Å². The minimum atomic E-state index is -0.0518. The predicted octanol–water partition coefficient (Wildman–Crippen LogP) is 2.18. The molecule has 0 spiro atoms. The van der Waals surface area contributed by atoms with Crippen molar-refractivity contribution in [2.24, 2.45) is 0 Å². The van der Waals surface area contributed by atoms with Gasteiger partial charge in [-0.05, 0) is 12.8 Å². The lowest BCUT2D eigenvalue weighted by Gasteiger charge is -2.21. The number of fused-ring (bicyclic) bond motifs is 1. The highest BCUT2D eigenvalue weighted by atomic mass is 35.5. The van der Waals surface area contributed by atoms with Crippen molar-refractivity contribution in [3.63, 3.8) is 0 Å². The number of aldehydes is 1. The fraction of sp³-hybridized carbons (Fsp3) is 0.600. The first-order valence-electron chi connectivity index (χ1n) is 4.98. The number of halogens is 1.